The summed E-state index contributed by atoms with van der Waals surface area (Å²) in [6, 6.07) is 13.1. The highest BCUT2D eigenvalue weighted by Gasteiger charge is 2.06. The largest absolute Gasteiger partial charge is 0.493 e. The molecule has 3 rings (SSSR count). The number of ether oxygens (including phenoxy) is 2. The van der Waals surface area contributed by atoms with Gasteiger partial charge in [-0.15, -0.1) is 5.10 Å². The minimum Gasteiger partial charge on any atom is -0.493 e. The van der Waals surface area contributed by atoms with E-state index in [4.69, 9.17) is 31.2 Å². The second kappa shape index (κ2) is 7.72. The molecule has 0 aliphatic rings. The second-order valence-corrected chi connectivity index (χ2v) is 5.58. The van der Waals surface area contributed by atoms with Gasteiger partial charge in [-0.25, -0.2) is 0 Å². The van der Waals surface area contributed by atoms with Crippen LogP contribution in [0.1, 0.15) is 17.0 Å². The van der Waals surface area contributed by atoms with E-state index in [0.717, 1.165) is 11.1 Å². The average Bonchev–Trinajstić information content (AvgIpc) is 3.03. The number of rotatable bonds is 6. The molecule has 1 aromatic heterocycles. The summed E-state index contributed by atoms with van der Waals surface area (Å²) in [5.74, 6) is 1.59. The summed E-state index contributed by atoms with van der Waals surface area (Å²) in [6.07, 6.45) is 3.49. The van der Waals surface area contributed by atoms with Crippen molar-refractivity contribution >= 4 is 29.8 Å². The van der Waals surface area contributed by atoms with E-state index in [-0.39, 0.29) is 6.01 Å². The van der Waals surface area contributed by atoms with Gasteiger partial charge >= 0.3 is 6.01 Å². The van der Waals surface area contributed by atoms with Crippen LogP contribution in [-0.4, -0.2) is 17.3 Å². The van der Waals surface area contributed by atoms with Gasteiger partial charge in [-0.05, 0) is 41.5 Å². The van der Waals surface area contributed by atoms with Crippen LogP contribution < -0.4 is 15.2 Å². The lowest BCUT2D eigenvalue weighted by Gasteiger charge is -2.11. The number of anilines is 1. The predicted molar refractivity (Wildman–Crippen MR) is 96.4 cm³/mol. The van der Waals surface area contributed by atoms with Crippen molar-refractivity contribution in [2.75, 3.05) is 12.8 Å². The Kier molecular flexibility index (Phi) is 5.20. The molecule has 0 bridgehead atoms. The highest BCUT2D eigenvalue weighted by molar-refractivity contribution is 6.30. The lowest BCUT2D eigenvalue weighted by atomic mass is 10.2. The van der Waals surface area contributed by atoms with E-state index in [1.54, 1.807) is 13.2 Å². The molecule has 0 radical (unpaired) electrons. The van der Waals surface area contributed by atoms with Crippen LogP contribution in [0.2, 0.25) is 5.02 Å². The van der Waals surface area contributed by atoms with Crippen molar-refractivity contribution in [3.63, 3.8) is 0 Å². The summed E-state index contributed by atoms with van der Waals surface area (Å²) in [7, 11) is 1.60. The zero-order valence-corrected chi connectivity index (χ0v) is 14.2. The third-order valence-corrected chi connectivity index (χ3v) is 3.58. The number of hydrogen-bond acceptors (Lipinski definition) is 6. The van der Waals surface area contributed by atoms with Crippen molar-refractivity contribution in [3.8, 4) is 11.5 Å². The Morgan fingerprint density at radius 2 is 2.00 bits per heavy atom. The first-order chi connectivity index (χ1) is 12.1. The van der Waals surface area contributed by atoms with Crippen LogP contribution in [0, 0.1) is 0 Å². The Morgan fingerprint density at radius 3 is 2.72 bits per heavy atom. The molecule has 0 aliphatic carbocycles. The SMILES string of the molecule is COc1ccc(/C=C/c2nnc(N)o2)cc1OCc1cccc(Cl)c1. The average molecular weight is 358 g/mol. The molecule has 6 nitrogen and oxygen atoms in total. The number of nitrogen functional groups attached to an aromatic ring is 1. The third-order valence-electron chi connectivity index (χ3n) is 3.35. The van der Waals surface area contributed by atoms with E-state index in [0.29, 0.717) is 29.0 Å². The van der Waals surface area contributed by atoms with E-state index >= 15 is 0 Å². The molecule has 0 aliphatic heterocycles. The van der Waals surface area contributed by atoms with Crippen LogP contribution in [0.15, 0.2) is 46.9 Å². The summed E-state index contributed by atoms with van der Waals surface area (Å²) in [5.41, 5.74) is 7.25. The van der Waals surface area contributed by atoms with Gasteiger partial charge in [0, 0.05) is 11.1 Å². The first-order valence-corrected chi connectivity index (χ1v) is 7.84. The second-order valence-electron chi connectivity index (χ2n) is 5.14. The van der Waals surface area contributed by atoms with Crippen LogP contribution in [-0.2, 0) is 6.61 Å². The molecule has 128 valence electrons. The number of hydrogen-bond donors (Lipinski definition) is 1. The third kappa shape index (κ3) is 4.51. The summed E-state index contributed by atoms with van der Waals surface area (Å²) in [5, 5.41) is 8.04. The van der Waals surface area contributed by atoms with E-state index < -0.39 is 0 Å². The van der Waals surface area contributed by atoms with Gasteiger partial charge in [0.1, 0.15) is 6.61 Å². The molecule has 0 unspecified atom stereocenters. The molecule has 2 N–H and O–H groups in total. The Morgan fingerprint density at radius 1 is 1.12 bits per heavy atom. The summed E-state index contributed by atoms with van der Waals surface area (Å²) in [4.78, 5) is 0. The van der Waals surface area contributed by atoms with Gasteiger partial charge in [0.25, 0.3) is 0 Å². The molecule has 0 spiro atoms. The lowest BCUT2D eigenvalue weighted by molar-refractivity contribution is 0.284. The number of nitrogens with zero attached hydrogens (tertiary/aromatic N) is 2. The lowest BCUT2D eigenvalue weighted by Crippen LogP contribution is -1.98. The van der Waals surface area contributed by atoms with E-state index in [9.17, 15) is 0 Å². The molecule has 7 heteroatoms. The summed E-state index contributed by atoms with van der Waals surface area (Å²) < 4.78 is 16.3. The highest BCUT2D eigenvalue weighted by Crippen LogP contribution is 2.29. The van der Waals surface area contributed by atoms with Gasteiger partial charge in [0.15, 0.2) is 11.5 Å². The molecule has 0 saturated carbocycles. The first-order valence-electron chi connectivity index (χ1n) is 7.46. The maximum absolute atomic E-state index is 5.99. The topological polar surface area (TPSA) is 83.4 Å². The van der Waals surface area contributed by atoms with Crippen molar-refractivity contribution in [3.05, 3.63) is 64.5 Å². The summed E-state index contributed by atoms with van der Waals surface area (Å²) >= 11 is 5.99. The monoisotopic (exact) mass is 357 g/mol. The van der Waals surface area contributed by atoms with Crippen LogP contribution in [0.4, 0.5) is 6.01 Å². The van der Waals surface area contributed by atoms with Crippen molar-refractivity contribution in [2.24, 2.45) is 0 Å². The van der Waals surface area contributed by atoms with Gasteiger partial charge in [0.05, 0.1) is 7.11 Å². The molecule has 0 fully saturated rings. The van der Waals surface area contributed by atoms with E-state index in [1.807, 2.05) is 48.5 Å². The smallest absolute Gasteiger partial charge is 0.313 e. The van der Waals surface area contributed by atoms with Crippen molar-refractivity contribution in [1.29, 1.82) is 0 Å². The first kappa shape index (κ1) is 16.9. The minimum absolute atomic E-state index is 0.0277. The fourth-order valence-corrected chi connectivity index (χ4v) is 2.39. The van der Waals surface area contributed by atoms with E-state index in [1.165, 1.54) is 0 Å². The molecule has 0 saturated heterocycles. The van der Waals surface area contributed by atoms with Crippen LogP contribution in [0.5, 0.6) is 11.5 Å². The standard InChI is InChI=1S/C18H16ClN3O3/c1-23-15-7-5-12(6-8-17-21-22-18(20)25-17)10-16(15)24-11-13-3-2-4-14(19)9-13/h2-10H,11H2,1H3,(H2,20,22)/b8-6+. The van der Waals surface area contributed by atoms with Crippen LogP contribution >= 0.6 is 11.6 Å². The fourth-order valence-electron chi connectivity index (χ4n) is 2.18. The molecule has 1 heterocycles. The quantitative estimate of drug-likeness (QED) is 0.716. The summed E-state index contributed by atoms with van der Waals surface area (Å²) in [6.45, 7) is 0.379. The Labute approximate surface area is 149 Å². The Bertz CT molecular complexity index is 893. The Balaban J connectivity index is 1.76. The highest BCUT2D eigenvalue weighted by atomic mass is 35.5. The number of aromatic nitrogens is 2. The molecule has 25 heavy (non-hydrogen) atoms. The number of nitrogens with two attached hydrogens (primary N) is 1. The van der Waals surface area contributed by atoms with Gasteiger partial charge in [-0.3, -0.25) is 0 Å². The van der Waals surface area contributed by atoms with E-state index in [2.05, 4.69) is 10.2 Å². The van der Waals surface area contributed by atoms with Crippen LogP contribution in [0.3, 0.4) is 0 Å². The normalized spacial score (nSPS) is 11.0. The zero-order chi connectivity index (χ0) is 17.6. The maximum Gasteiger partial charge on any atom is 0.313 e. The van der Waals surface area contributed by atoms with Gasteiger partial charge in [-0.1, -0.05) is 34.9 Å². The maximum atomic E-state index is 5.99. The number of methoxy groups -OCH3 is 1. The number of benzene rings is 2. The molecule has 0 amide bonds. The zero-order valence-electron chi connectivity index (χ0n) is 13.5. The van der Waals surface area contributed by atoms with Crippen molar-refractivity contribution in [1.82, 2.24) is 10.2 Å². The van der Waals surface area contributed by atoms with Gasteiger partial charge < -0.3 is 19.6 Å². The molecule has 0 atom stereocenters. The molecule has 2 aromatic carbocycles. The van der Waals surface area contributed by atoms with Gasteiger partial charge in [-0.2, -0.15) is 0 Å². The fraction of sp³-hybridized carbons (Fsp3) is 0.111. The van der Waals surface area contributed by atoms with Crippen molar-refractivity contribution in [2.45, 2.75) is 6.61 Å². The molecular formula is C18H16ClN3O3. The minimum atomic E-state index is 0.0277. The number of halogens is 1. The van der Waals surface area contributed by atoms with Crippen LogP contribution in [0.25, 0.3) is 12.2 Å². The van der Waals surface area contributed by atoms with Gasteiger partial charge in [0.2, 0.25) is 5.89 Å². The molecular weight excluding hydrogens is 342 g/mol. The predicted octanol–water partition coefficient (Wildman–Crippen LogP) is 4.06. The molecule has 3 aromatic rings. The van der Waals surface area contributed by atoms with Crippen molar-refractivity contribution < 1.29 is 13.9 Å². The Hall–Kier alpha value is -2.99.